The molecule has 34 heavy (non-hydrogen) atoms. The van der Waals surface area contributed by atoms with Crippen LogP contribution in [0.5, 0.6) is 0 Å². The molecule has 0 aliphatic rings. The Morgan fingerprint density at radius 3 is 1.97 bits per heavy atom. The first-order chi connectivity index (χ1) is 15.8. The van der Waals surface area contributed by atoms with Gasteiger partial charge in [0.2, 0.25) is 0 Å². The summed E-state index contributed by atoms with van der Waals surface area (Å²) in [5, 5.41) is 2.59. The van der Waals surface area contributed by atoms with Gasteiger partial charge in [-0.05, 0) is 40.5 Å². The Morgan fingerprint density at radius 1 is 0.735 bits per heavy atom. The van der Waals surface area contributed by atoms with Crippen LogP contribution in [-0.2, 0) is 16.2 Å². The molecule has 0 atom stereocenters. The lowest BCUT2D eigenvalue weighted by atomic mass is 9.73. The predicted molar refractivity (Wildman–Crippen MR) is 145 cm³/mol. The van der Waals surface area contributed by atoms with Crippen molar-refractivity contribution in [3.05, 3.63) is 59.2 Å². The third-order valence-electron chi connectivity index (χ3n) is 7.21. The number of aromatic nitrogens is 4. The molecule has 0 saturated carbocycles. The Morgan fingerprint density at radius 2 is 1.32 bits per heavy atom. The first-order valence-corrected chi connectivity index (χ1v) is 13.1. The fourth-order valence-corrected chi connectivity index (χ4v) is 5.48. The van der Waals surface area contributed by atoms with Crippen molar-refractivity contribution in [2.45, 2.75) is 97.3 Å². The number of nitrogens with zero attached hydrogens (tertiary/aromatic N) is 4. The second kappa shape index (κ2) is 8.67. The molecule has 3 heterocycles. The summed E-state index contributed by atoms with van der Waals surface area (Å²) in [6.45, 7) is 20.4. The maximum Gasteiger partial charge on any atom is 0.126 e. The Kier molecular flexibility index (Phi) is 6.30. The molecule has 4 aromatic rings. The Bertz CT molecular complexity index is 1330. The molecule has 0 aliphatic carbocycles. The van der Waals surface area contributed by atoms with E-state index in [1.807, 2.05) is 6.20 Å². The molecule has 0 amide bonds. The summed E-state index contributed by atoms with van der Waals surface area (Å²) in [6, 6.07) is 8.75. The topological polar surface area (TPSA) is 51.6 Å². The van der Waals surface area contributed by atoms with E-state index in [0.717, 1.165) is 29.6 Å². The van der Waals surface area contributed by atoms with Gasteiger partial charge in [0, 0.05) is 28.8 Å². The average molecular weight is 475 g/mol. The van der Waals surface area contributed by atoms with E-state index in [9.17, 15) is 0 Å². The van der Waals surface area contributed by atoms with Crippen LogP contribution in [0.15, 0.2) is 36.7 Å². The largest absolute Gasteiger partial charge is 0.260 e. The van der Waals surface area contributed by atoms with E-state index in [-0.39, 0.29) is 16.2 Å². The molecule has 4 nitrogen and oxygen atoms in total. The van der Waals surface area contributed by atoms with Gasteiger partial charge in [-0.3, -0.25) is 9.97 Å². The van der Waals surface area contributed by atoms with E-state index >= 15 is 0 Å². The van der Waals surface area contributed by atoms with Gasteiger partial charge in [0.1, 0.15) is 11.0 Å². The summed E-state index contributed by atoms with van der Waals surface area (Å²) in [4.78, 5) is 9.87. The second-order valence-electron chi connectivity index (χ2n) is 12.3. The Hall–Kier alpha value is -2.40. The zero-order valence-corrected chi connectivity index (χ0v) is 23.0. The maximum absolute atomic E-state index is 5.06. The van der Waals surface area contributed by atoms with Crippen molar-refractivity contribution in [1.29, 1.82) is 0 Å². The fourth-order valence-electron chi connectivity index (χ4n) is 4.92. The zero-order chi connectivity index (χ0) is 24.9. The van der Waals surface area contributed by atoms with Gasteiger partial charge >= 0.3 is 0 Å². The van der Waals surface area contributed by atoms with Crippen LogP contribution in [0.3, 0.4) is 0 Å². The van der Waals surface area contributed by atoms with Crippen LogP contribution in [0.4, 0.5) is 0 Å². The van der Waals surface area contributed by atoms with Gasteiger partial charge in [-0.2, -0.15) is 8.75 Å². The number of fused-ring (bicyclic) bond motifs is 2. The van der Waals surface area contributed by atoms with E-state index in [1.165, 1.54) is 39.3 Å². The summed E-state index contributed by atoms with van der Waals surface area (Å²) in [5.41, 5.74) is 6.61. The number of rotatable bonds is 6. The molecule has 0 radical (unpaired) electrons. The van der Waals surface area contributed by atoms with Crippen molar-refractivity contribution in [2.75, 3.05) is 0 Å². The summed E-state index contributed by atoms with van der Waals surface area (Å²) < 4.78 is 9.27. The lowest BCUT2D eigenvalue weighted by Crippen LogP contribution is -2.26. The van der Waals surface area contributed by atoms with Crippen molar-refractivity contribution < 1.29 is 0 Å². The lowest BCUT2D eigenvalue weighted by molar-refractivity contribution is 0.371. The predicted octanol–water partition coefficient (Wildman–Crippen LogP) is 8.09. The van der Waals surface area contributed by atoms with Gasteiger partial charge < -0.3 is 0 Å². The number of hydrogen-bond donors (Lipinski definition) is 0. The van der Waals surface area contributed by atoms with Crippen molar-refractivity contribution >= 4 is 33.5 Å². The first-order valence-electron chi connectivity index (χ1n) is 12.3. The van der Waals surface area contributed by atoms with Crippen LogP contribution in [0, 0.1) is 0 Å². The smallest absolute Gasteiger partial charge is 0.126 e. The molecular weight excluding hydrogens is 436 g/mol. The SMILES string of the molecule is CC(C)c1ncc(C(C)(C)CCC(C)(C)c2ncc(C(C)(C)C)c3ccccc23)c2nsnc12. The van der Waals surface area contributed by atoms with Crippen LogP contribution in [0.2, 0.25) is 0 Å². The molecular formula is C29H38N4S. The number of benzene rings is 1. The molecule has 0 bridgehead atoms. The highest BCUT2D eigenvalue weighted by atomic mass is 32.1. The molecule has 1 aromatic carbocycles. The molecule has 5 heteroatoms. The Labute approximate surface area is 208 Å². The van der Waals surface area contributed by atoms with Crippen molar-refractivity contribution in [3.8, 4) is 0 Å². The van der Waals surface area contributed by atoms with Crippen molar-refractivity contribution in [2.24, 2.45) is 0 Å². The van der Waals surface area contributed by atoms with Crippen LogP contribution >= 0.6 is 11.7 Å². The highest BCUT2D eigenvalue weighted by molar-refractivity contribution is 7.00. The molecule has 0 fully saturated rings. The van der Waals surface area contributed by atoms with Crippen molar-refractivity contribution in [1.82, 2.24) is 18.7 Å². The minimum Gasteiger partial charge on any atom is -0.260 e. The van der Waals surface area contributed by atoms with E-state index in [2.05, 4.69) is 102 Å². The second-order valence-corrected chi connectivity index (χ2v) is 12.8. The molecule has 0 N–H and O–H groups in total. The van der Waals surface area contributed by atoms with Crippen LogP contribution < -0.4 is 0 Å². The molecule has 0 spiro atoms. The van der Waals surface area contributed by atoms with Crippen LogP contribution in [0.1, 0.15) is 104 Å². The van der Waals surface area contributed by atoms with E-state index in [1.54, 1.807) is 0 Å². The minimum absolute atomic E-state index is 0.0549. The minimum atomic E-state index is -0.0745. The molecule has 0 aliphatic heterocycles. The van der Waals surface area contributed by atoms with Gasteiger partial charge in [-0.1, -0.05) is 86.6 Å². The molecule has 0 unspecified atom stereocenters. The van der Waals surface area contributed by atoms with E-state index in [4.69, 9.17) is 9.97 Å². The highest BCUT2D eigenvalue weighted by Gasteiger charge is 2.32. The normalized spacial score (nSPS) is 13.4. The van der Waals surface area contributed by atoms with E-state index < -0.39 is 0 Å². The van der Waals surface area contributed by atoms with Gasteiger partial charge in [-0.15, -0.1) is 0 Å². The van der Waals surface area contributed by atoms with Crippen LogP contribution in [0.25, 0.3) is 21.8 Å². The summed E-state index contributed by atoms with van der Waals surface area (Å²) in [5.74, 6) is 0.331. The summed E-state index contributed by atoms with van der Waals surface area (Å²) in [6.07, 6.45) is 6.16. The molecule has 4 rings (SSSR count). The zero-order valence-electron chi connectivity index (χ0n) is 22.2. The number of hydrogen-bond acceptors (Lipinski definition) is 5. The van der Waals surface area contributed by atoms with E-state index in [0.29, 0.717) is 5.92 Å². The third-order valence-corrected chi connectivity index (χ3v) is 7.74. The summed E-state index contributed by atoms with van der Waals surface area (Å²) >= 11 is 1.29. The quantitative estimate of drug-likeness (QED) is 0.283. The maximum atomic E-state index is 5.06. The van der Waals surface area contributed by atoms with Crippen molar-refractivity contribution in [3.63, 3.8) is 0 Å². The summed E-state index contributed by atoms with van der Waals surface area (Å²) in [7, 11) is 0. The molecule has 180 valence electrons. The van der Waals surface area contributed by atoms with Gasteiger partial charge in [0.05, 0.1) is 23.1 Å². The molecule has 3 aromatic heterocycles. The molecule has 0 saturated heterocycles. The standard InChI is InChI=1S/C29H38N4S/c1-18(2)23-25-24(32-34-33-25)22(17-30-23)28(6,7)14-15-29(8,9)26-20-13-11-10-12-19(20)21(16-31-26)27(3,4)5/h10-13,16-18H,14-15H2,1-9H3. The number of pyridine rings is 2. The lowest BCUT2D eigenvalue weighted by Gasteiger charge is -2.33. The first kappa shape index (κ1) is 24.7. The van der Waals surface area contributed by atoms with Gasteiger partial charge in [0.25, 0.3) is 0 Å². The fraction of sp³-hybridized carbons (Fsp3) is 0.517. The monoisotopic (exact) mass is 474 g/mol. The van der Waals surface area contributed by atoms with Gasteiger partial charge in [0.15, 0.2) is 0 Å². The Balaban J connectivity index is 1.68. The average Bonchev–Trinajstić information content (AvgIpc) is 3.25. The highest BCUT2D eigenvalue weighted by Crippen LogP contribution is 2.41. The van der Waals surface area contributed by atoms with Gasteiger partial charge in [-0.25, -0.2) is 0 Å². The van der Waals surface area contributed by atoms with Crippen LogP contribution in [-0.4, -0.2) is 18.7 Å². The third kappa shape index (κ3) is 4.47.